The molecule has 3 heterocycles. The maximum absolute atomic E-state index is 16.3. The number of pyridine rings is 1. The lowest BCUT2D eigenvalue weighted by molar-refractivity contribution is -0.137. The minimum atomic E-state index is -5.05. The van der Waals surface area contributed by atoms with Crippen molar-refractivity contribution in [3.63, 3.8) is 0 Å². The molecule has 1 aromatic carbocycles. The van der Waals surface area contributed by atoms with Gasteiger partial charge in [0.15, 0.2) is 5.82 Å². The van der Waals surface area contributed by atoms with Crippen LogP contribution in [-0.2, 0) is 6.18 Å². The Morgan fingerprint density at radius 3 is 2.51 bits per heavy atom. The summed E-state index contributed by atoms with van der Waals surface area (Å²) in [7, 11) is 0. The van der Waals surface area contributed by atoms with Crippen LogP contribution in [0.1, 0.15) is 57.6 Å². The van der Waals surface area contributed by atoms with Crippen LogP contribution in [0, 0.1) is 35.3 Å². The molecule has 3 aromatic rings. The smallest absolute Gasteiger partial charge is 0.417 e. The molecule has 1 atom stereocenters. The van der Waals surface area contributed by atoms with Gasteiger partial charge in [-0.25, -0.2) is 13.8 Å². The number of halogens is 5. The Labute approximate surface area is 246 Å². The van der Waals surface area contributed by atoms with Gasteiger partial charge in [0, 0.05) is 30.5 Å². The fraction of sp³-hybridized carbons (Fsp3) is 0.517. The number of nitrogens with two attached hydrogens (primary N) is 1. The van der Waals surface area contributed by atoms with Crippen molar-refractivity contribution < 1.29 is 31.4 Å². The highest BCUT2D eigenvalue weighted by atomic mass is 19.4. The minimum absolute atomic E-state index is 0.0193. The summed E-state index contributed by atoms with van der Waals surface area (Å²) in [4.78, 5) is 12.8. The highest BCUT2D eigenvalue weighted by Gasteiger charge is 2.44. The Bertz CT molecular complexity index is 1540. The Balaban J connectivity index is 0.00000207. The number of rotatable bonds is 5. The van der Waals surface area contributed by atoms with Gasteiger partial charge in [-0.1, -0.05) is 13.8 Å². The van der Waals surface area contributed by atoms with E-state index in [4.69, 9.17) is 20.5 Å². The summed E-state index contributed by atoms with van der Waals surface area (Å²) in [6.45, 7) is 8.25. The number of nitrogen functional groups attached to an aromatic ring is 1. The molecular weight excluding hydrogens is 573 g/mol. The van der Waals surface area contributed by atoms with Gasteiger partial charge in [-0.05, 0) is 51.3 Å². The third kappa shape index (κ3) is 6.66. The fourth-order valence-electron chi connectivity index (χ4n) is 4.83. The average Bonchev–Trinajstić information content (AvgIpc) is 3.73. The van der Waals surface area contributed by atoms with E-state index < -0.39 is 57.5 Å². The van der Waals surface area contributed by atoms with E-state index in [0.29, 0.717) is 32.1 Å². The standard InChI is InChI=1S/C27H28F5N7O2.C2H6/c1-13-3-8-35-9-10-36-23-17-22(38-25(39-23)40-12-26(4-5-26)6-7-33)20(29)21(37-24(17)41-13)15-11-16(34)19(28)14(2)18(15)27(30,31)32;1-2/h11,13,35H,3-6,8-10,12,34H2,1-2H3,(H,36,38,39);1-2H3. The van der Waals surface area contributed by atoms with Crippen molar-refractivity contribution >= 4 is 22.4 Å². The minimum Gasteiger partial charge on any atom is -0.474 e. The van der Waals surface area contributed by atoms with Crippen molar-refractivity contribution in [3.8, 4) is 29.2 Å². The van der Waals surface area contributed by atoms with E-state index in [0.717, 1.165) is 19.8 Å². The second kappa shape index (κ2) is 12.7. The van der Waals surface area contributed by atoms with E-state index in [-0.39, 0.29) is 41.5 Å². The van der Waals surface area contributed by atoms with Crippen molar-refractivity contribution in [3.05, 3.63) is 28.8 Å². The second-order valence-electron chi connectivity index (χ2n) is 10.5. The Morgan fingerprint density at radius 2 is 1.86 bits per heavy atom. The van der Waals surface area contributed by atoms with Crippen molar-refractivity contribution in [1.82, 2.24) is 20.3 Å². The number of anilines is 2. The van der Waals surface area contributed by atoms with Crippen LogP contribution in [0.15, 0.2) is 6.07 Å². The van der Waals surface area contributed by atoms with Gasteiger partial charge >= 0.3 is 12.2 Å². The molecule has 9 nitrogen and oxygen atoms in total. The molecule has 1 aliphatic heterocycles. The molecule has 2 aromatic heterocycles. The summed E-state index contributed by atoms with van der Waals surface area (Å²) >= 11 is 0. The zero-order chi connectivity index (χ0) is 31.5. The van der Waals surface area contributed by atoms with Gasteiger partial charge in [0.1, 0.15) is 28.2 Å². The van der Waals surface area contributed by atoms with Crippen molar-refractivity contribution in [2.24, 2.45) is 5.41 Å². The number of ether oxygens (including phenoxy) is 2. The molecule has 1 fully saturated rings. The number of benzene rings is 1. The number of nitrogens with one attached hydrogen (secondary N) is 2. The van der Waals surface area contributed by atoms with Gasteiger partial charge in [0.05, 0.1) is 30.0 Å². The van der Waals surface area contributed by atoms with Crippen LogP contribution in [0.5, 0.6) is 11.9 Å². The zero-order valence-corrected chi connectivity index (χ0v) is 24.4. The first kappa shape index (κ1) is 31.9. The van der Waals surface area contributed by atoms with Crippen LogP contribution in [0.3, 0.4) is 0 Å². The first-order valence-electron chi connectivity index (χ1n) is 14.1. The molecule has 232 valence electrons. The molecule has 1 saturated carbocycles. The molecule has 0 radical (unpaired) electrons. The number of hydrogen-bond donors (Lipinski definition) is 3. The number of hydrogen-bond acceptors (Lipinski definition) is 9. The van der Waals surface area contributed by atoms with Gasteiger partial charge in [0.2, 0.25) is 5.88 Å². The van der Waals surface area contributed by atoms with E-state index in [9.17, 15) is 17.6 Å². The first-order valence-corrected chi connectivity index (χ1v) is 14.1. The third-order valence-electron chi connectivity index (χ3n) is 7.35. The zero-order valence-electron chi connectivity index (χ0n) is 24.4. The maximum atomic E-state index is 16.3. The summed E-state index contributed by atoms with van der Waals surface area (Å²) < 4.78 is 85.3. The molecule has 4 N–H and O–H groups in total. The van der Waals surface area contributed by atoms with Gasteiger partial charge in [-0.2, -0.15) is 28.4 Å². The molecule has 0 saturated heterocycles. The van der Waals surface area contributed by atoms with Gasteiger partial charge in [-0.15, -0.1) is 0 Å². The first-order chi connectivity index (χ1) is 20.4. The molecule has 1 aliphatic carbocycles. The largest absolute Gasteiger partial charge is 0.474 e. The SMILES string of the molecule is CC.Cc1c(F)c(N)cc(-c2nc3c4c(nc(OCC5(CC#N)CC5)nc4c2F)NCCNCCC(C)O3)c1C(F)(F)F. The van der Waals surface area contributed by atoms with Crippen LogP contribution < -0.4 is 25.8 Å². The molecule has 43 heavy (non-hydrogen) atoms. The van der Waals surface area contributed by atoms with Crippen LogP contribution in [0.25, 0.3) is 22.2 Å². The quantitative estimate of drug-likeness (QED) is 0.231. The lowest BCUT2D eigenvalue weighted by Gasteiger charge is -2.21. The van der Waals surface area contributed by atoms with E-state index in [2.05, 4.69) is 31.7 Å². The Kier molecular flexibility index (Phi) is 9.44. The molecule has 0 spiro atoms. The molecule has 14 heteroatoms. The van der Waals surface area contributed by atoms with Gasteiger partial charge in [0.25, 0.3) is 0 Å². The van der Waals surface area contributed by atoms with Crippen molar-refractivity contribution in [1.29, 1.82) is 5.26 Å². The maximum Gasteiger partial charge on any atom is 0.417 e. The predicted molar refractivity (Wildman–Crippen MR) is 152 cm³/mol. The lowest BCUT2D eigenvalue weighted by atomic mass is 9.96. The van der Waals surface area contributed by atoms with Crippen LogP contribution in [0.4, 0.5) is 33.5 Å². The molecule has 1 unspecified atom stereocenters. The van der Waals surface area contributed by atoms with E-state index in [1.54, 1.807) is 6.92 Å². The fourth-order valence-corrected chi connectivity index (χ4v) is 4.83. The molecule has 0 amide bonds. The van der Waals surface area contributed by atoms with Gasteiger partial charge < -0.3 is 25.8 Å². The molecule has 5 rings (SSSR count). The normalized spacial score (nSPS) is 17.8. The summed E-state index contributed by atoms with van der Waals surface area (Å²) in [5.41, 5.74) is 0.645. The Hall–Kier alpha value is -3.99. The number of nitriles is 1. The number of aromatic nitrogens is 3. The predicted octanol–water partition coefficient (Wildman–Crippen LogP) is 6.15. The third-order valence-corrected chi connectivity index (χ3v) is 7.35. The molecule has 2 aliphatic rings. The highest BCUT2D eigenvalue weighted by Crippen LogP contribution is 2.49. The lowest BCUT2D eigenvalue weighted by Crippen LogP contribution is -2.26. The van der Waals surface area contributed by atoms with Crippen LogP contribution >= 0.6 is 0 Å². The molecule has 0 bridgehead atoms. The van der Waals surface area contributed by atoms with Crippen LogP contribution in [0.2, 0.25) is 0 Å². The molecular formula is C29H34F5N7O2. The summed E-state index contributed by atoms with van der Waals surface area (Å²) in [5, 5.41) is 15.5. The summed E-state index contributed by atoms with van der Waals surface area (Å²) in [6, 6.07) is 2.61. The number of alkyl halides is 3. The topological polar surface area (TPSA) is 131 Å². The summed E-state index contributed by atoms with van der Waals surface area (Å²) in [6.07, 6.45) is -3.20. The average molecular weight is 608 g/mol. The summed E-state index contributed by atoms with van der Waals surface area (Å²) in [5.74, 6) is -2.55. The van der Waals surface area contributed by atoms with Gasteiger partial charge in [-0.3, -0.25) is 0 Å². The van der Waals surface area contributed by atoms with E-state index in [1.165, 1.54) is 0 Å². The highest BCUT2D eigenvalue weighted by molar-refractivity contribution is 5.96. The monoisotopic (exact) mass is 607 g/mol. The van der Waals surface area contributed by atoms with Crippen molar-refractivity contribution in [2.75, 3.05) is 37.3 Å². The number of nitrogens with zero attached hydrogens (tertiary/aromatic N) is 4. The second-order valence-corrected chi connectivity index (χ2v) is 10.5. The Morgan fingerprint density at radius 1 is 1.14 bits per heavy atom. The van der Waals surface area contributed by atoms with E-state index >= 15 is 4.39 Å². The van der Waals surface area contributed by atoms with Crippen LogP contribution in [-0.4, -0.2) is 47.3 Å². The van der Waals surface area contributed by atoms with E-state index in [1.807, 2.05) is 13.8 Å². The van der Waals surface area contributed by atoms with Crippen molar-refractivity contribution in [2.45, 2.75) is 65.7 Å².